The number of hydrogen-bond acceptors (Lipinski definition) is 4. The van der Waals surface area contributed by atoms with Crippen LogP contribution in [0.4, 0.5) is 0 Å². The van der Waals surface area contributed by atoms with Gasteiger partial charge in [0.1, 0.15) is 5.75 Å². The van der Waals surface area contributed by atoms with E-state index < -0.39 is 10.0 Å². The summed E-state index contributed by atoms with van der Waals surface area (Å²) in [5, 5.41) is 2.87. The molecular formula is C20H25BrN2O4S. The zero-order chi connectivity index (χ0) is 20.7. The Balaban J connectivity index is 1.89. The molecule has 0 saturated carbocycles. The van der Waals surface area contributed by atoms with E-state index in [1.54, 1.807) is 0 Å². The lowest BCUT2D eigenvalue weighted by atomic mass is 10.1. The van der Waals surface area contributed by atoms with Gasteiger partial charge in [0.15, 0.2) is 6.61 Å². The van der Waals surface area contributed by atoms with E-state index in [2.05, 4.69) is 26.0 Å². The van der Waals surface area contributed by atoms with E-state index >= 15 is 0 Å². The molecule has 2 atom stereocenters. The van der Waals surface area contributed by atoms with Gasteiger partial charge in [-0.3, -0.25) is 4.79 Å². The van der Waals surface area contributed by atoms with Crippen LogP contribution in [0.2, 0.25) is 0 Å². The Labute approximate surface area is 174 Å². The third-order valence-corrected chi connectivity index (χ3v) is 6.30. The molecule has 1 amide bonds. The minimum atomic E-state index is -3.56. The number of nitrogens with one attached hydrogen (secondary N) is 2. The van der Waals surface area contributed by atoms with Crippen LogP contribution in [0.15, 0.2) is 57.9 Å². The Kier molecular flexibility index (Phi) is 8.03. The van der Waals surface area contributed by atoms with Crippen molar-refractivity contribution in [2.75, 3.05) is 6.61 Å². The third-order valence-electron chi connectivity index (χ3n) is 4.20. The number of rotatable bonds is 9. The summed E-state index contributed by atoms with van der Waals surface area (Å²) in [4.78, 5) is 12.3. The Hall–Kier alpha value is -1.90. The number of benzene rings is 2. The van der Waals surface area contributed by atoms with Gasteiger partial charge in [-0.2, -0.15) is 0 Å². The average molecular weight is 469 g/mol. The van der Waals surface area contributed by atoms with Crippen molar-refractivity contribution in [1.82, 2.24) is 10.0 Å². The lowest BCUT2D eigenvalue weighted by Gasteiger charge is -2.15. The normalized spacial score (nSPS) is 13.6. The SMILES string of the molecule is CC[C@H](C)NS(=O)(=O)c1ccc(OCC(=O)N[C@@H](C)c2cccc(Br)c2)cc1. The van der Waals surface area contributed by atoms with Gasteiger partial charge >= 0.3 is 0 Å². The molecule has 2 N–H and O–H groups in total. The minimum Gasteiger partial charge on any atom is -0.484 e. The van der Waals surface area contributed by atoms with Gasteiger partial charge in [-0.05, 0) is 62.2 Å². The van der Waals surface area contributed by atoms with Crippen LogP contribution in [0, 0.1) is 0 Å². The van der Waals surface area contributed by atoms with Crippen LogP contribution in [-0.2, 0) is 14.8 Å². The molecule has 2 rings (SSSR count). The van der Waals surface area contributed by atoms with Crippen LogP contribution in [0.5, 0.6) is 5.75 Å². The molecule has 0 fully saturated rings. The summed E-state index contributed by atoms with van der Waals surface area (Å²) in [6, 6.07) is 13.4. The van der Waals surface area contributed by atoms with Crippen LogP contribution in [-0.4, -0.2) is 27.0 Å². The van der Waals surface area contributed by atoms with Gasteiger partial charge in [-0.15, -0.1) is 0 Å². The van der Waals surface area contributed by atoms with Crippen molar-refractivity contribution in [3.8, 4) is 5.75 Å². The van der Waals surface area contributed by atoms with E-state index in [1.165, 1.54) is 24.3 Å². The first-order valence-corrected chi connectivity index (χ1v) is 11.3. The average Bonchev–Trinajstić information content (AvgIpc) is 2.66. The fraction of sp³-hybridized carbons (Fsp3) is 0.350. The van der Waals surface area contributed by atoms with Gasteiger partial charge in [0, 0.05) is 10.5 Å². The number of carbonyl (C=O) groups excluding carboxylic acids is 1. The summed E-state index contributed by atoms with van der Waals surface area (Å²) < 4.78 is 33.5. The van der Waals surface area contributed by atoms with Crippen molar-refractivity contribution < 1.29 is 17.9 Å². The summed E-state index contributed by atoms with van der Waals surface area (Å²) in [5.74, 6) is 0.162. The number of hydrogen-bond donors (Lipinski definition) is 2. The molecule has 0 aromatic heterocycles. The van der Waals surface area contributed by atoms with E-state index in [9.17, 15) is 13.2 Å². The van der Waals surface area contributed by atoms with Gasteiger partial charge < -0.3 is 10.1 Å². The molecule has 0 heterocycles. The molecule has 0 radical (unpaired) electrons. The molecule has 8 heteroatoms. The summed E-state index contributed by atoms with van der Waals surface area (Å²) >= 11 is 3.41. The zero-order valence-electron chi connectivity index (χ0n) is 16.1. The summed E-state index contributed by atoms with van der Waals surface area (Å²) in [7, 11) is -3.56. The van der Waals surface area contributed by atoms with Crippen molar-refractivity contribution in [3.05, 3.63) is 58.6 Å². The van der Waals surface area contributed by atoms with Crippen molar-refractivity contribution in [2.24, 2.45) is 0 Å². The fourth-order valence-electron chi connectivity index (χ4n) is 2.42. The van der Waals surface area contributed by atoms with Gasteiger partial charge in [0.25, 0.3) is 5.91 Å². The van der Waals surface area contributed by atoms with Crippen molar-refractivity contribution >= 4 is 31.9 Å². The van der Waals surface area contributed by atoms with Gasteiger partial charge in [0.05, 0.1) is 10.9 Å². The van der Waals surface area contributed by atoms with Crippen LogP contribution in [0.1, 0.15) is 38.8 Å². The maximum absolute atomic E-state index is 12.2. The Bertz CT molecular complexity index is 901. The van der Waals surface area contributed by atoms with Crippen molar-refractivity contribution in [3.63, 3.8) is 0 Å². The Morgan fingerprint density at radius 3 is 2.43 bits per heavy atom. The number of amides is 1. The fourth-order valence-corrected chi connectivity index (χ4v) is 4.17. The van der Waals surface area contributed by atoms with Gasteiger partial charge in [0.2, 0.25) is 10.0 Å². The first kappa shape index (κ1) is 22.4. The second-order valence-electron chi connectivity index (χ2n) is 6.53. The summed E-state index contributed by atoms with van der Waals surface area (Å²) in [5.41, 5.74) is 0.978. The number of sulfonamides is 1. The molecule has 0 aliphatic carbocycles. The predicted octanol–water partition coefficient (Wildman–Crippen LogP) is 3.78. The molecule has 28 heavy (non-hydrogen) atoms. The van der Waals surface area contributed by atoms with Gasteiger partial charge in [-0.25, -0.2) is 13.1 Å². The first-order valence-electron chi connectivity index (χ1n) is 9.01. The smallest absolute Gasteiger partial charge is 0.258 e. The molecule has 6 nitrogen and oxygen atoms in total. The molecule has 0 unspecified atom stereocenters. The molecule has 0 spiro atoms. The number of halogens is 1. The second-order valence-corrected chi connectivity index (χ2v) is 9.16. The second kappa shape index (κ2) is 10.0. The van der Waals surface area contributed by atoms with Crippen LogP contribution in [0.25, 0.3) is 0 Å². The largest absolute Gasteiger partial charge is 0.484 e. The first-order chi connectivity index (χ1) is 13.2. The molecule has 0 aliphatic rings. The highest BCUT2D eigenvalue weighted by molar-refractivity contribution is 9.10. The van der Waals surface area contributed by atoms with E-state index in [4.69, 9.17) is 4.74 Å². The van der Waals surface area contributed by atoms with E-state index in [1.807, 2.05) is 45.0 Å². The quantitative estimate of drug-likeness (QED) is 0.586. The zero-order valence-corrected chi connectivity index (χ0v) is 18.5. The van der Waals surface area contributed by atoms with E-state index in [0.29, 0.717) is 12.2 Å². The van der Waals surface area contributed by atoms with E-state index in [0.717, 1.165) is 10.0 Å². The molecule has 0 saturated heterocycles. The highest BCUT2D eigenvalue weighted by atomic mass is 79.9. The van der Waals surface area contributed by atoms with Crippen molar-refractivity contribution in [2.45, 2.75) is 44.2 Å². The van der Waals surface area contributed by atoms with Crippen LogP contribution in [0.3, 0.4) is 0 Å². The topological polar surface area (TPSA) is 84.5 Å². The third kappa shape index (κ3) is 6.61. The standard InChI is InChI=1S/C20H25BrN2O4S/c1-4-14(2)23-28(25,26)19-10-8-18(9-11-19)27-13-20(24)22-15(3)16-6-5-7-17(21)12-16/h5-12,14-15,23H,4,13H2,1-3H3,(H,22,24)/t14-,15-/m0/s1. The number of ether oxygens (including phenoxy) is 1. The maximum atomic E-state index is 12.2. The lowest BCUT2D eigenvalue weighted by molar-refractivity contribution is -0.123. The predicted molar refractivity (Wildman–Crippen MR) is 113 cm³/mol. The molecule has 0 aliphatic heterocycles. The van der Waals surface area contributed by atoms with Gasteiger partial charge in [-0.1, -0.05) is 35.0 Å². The molecule has 152 valence electrons. The molecule has 2 aromatic carbocycles. The van der Waals surface area contributed by atoms with Crippen molar-refractivity contribution in [1.29, 1.82) is 0 Å². The Morgan fingerprint density at radius 1 is 1.14 bits per heavy atom. The van der Waals surface area contributed by atoms with Crippen LogP contribution < -0.4 is 14.8 Å². The monoisotopic (exact) mass is 468 g/mol. The number of carbonyl (C=O) groups is 1. The molecule has 0 bridgehead atoms. The minimum absolute atomic E-state index is 0.142. The summed E-state index contributed by atoms with van der Waals surface area (Å²) in [6.45, 7) is 5.45. The highest BCUT2D eigenvalue weighted by Gasteiger charge is 2.16. The van der Waals surface area contributed by atoms with Crippen LogP contribution >= 0.6 is 15.9 Å². The Morgan fingerprint density at radius 2 is 1.82 bits per heavy atom. The lowest BCUT2D eigenvalue weighted by Crippen LogP contribution is -2.32. The summed E-state index contributed by atoms with van der Waals surface area (Å²) in [6.07, 6.45) is 0.702. The highest BCUT2D eigenvalue weighted by Crippen LogP contribution is 2.18. The maximum Gasteiger partial charge on any atom is 0.258 e. The van der Waals surface area contributed by atoms with E-state index in [-0.39, 0.29) is 29.5 Å². The molecule has 2 aromatic rings. The molecular weight excluding hydrogens is 444 g/mol.